The van der Waals surface area contributed by atoms with Gasteiger partial charge in [-0.15, -0.1) is 10.2 Å². The molecule has 2 N–H and O–H groups in total. The zero-order valence-electron chi connectivity index (χ0n) is 18.6. The molecule has 0 radical (unpaired) electrons. The molecule has 1 aliphatic rings. The number of aryl methyl sites for hydroxylation is 1. The molecule has 0 saturated heterocycles. The second kappa shape index (κ2) is 9.23. The van der Waals surface area contributed by atoms with Crippen molar-refractivity contribution in [1.82, 2.24) is 30.2 Å². The van der Waals surface area contributed by atoms with Crippen LogP contribution in [0.4, 0.5) is 0 Å². The van der Waals surface area contributed by atoms with Crippen molar-refractivity contribution in [2.45, 2.75) is 38.6 Å². The molecule has 0 saturated carbocycles. The maximum absolute atomic E-state index is 11.9. The number of H-pyrrole nitrogens is 1. The number of carbonyl (C=O) groups is 1. The smallest absolute Gasteiger partial charge is 0.331 e. The van der Waals surface area contributed by atoms with Crippen LogP contribution in [0.3, 0.4) is 0 Å². The number of aliphatic carboxylic acids is 1. The van der Waals surface area contributed by atoms with Crippen LogP contribution >= 0.6 is 11.6 Å². The molecule has 2 aromatic heterocycles. The summed E-state index contributed by atoms with van der Waals surface area (Å²) in [5.74, 6) is 0.481. The van der Waals surface area contributed by atoms with Crippen LogP contribution in [0.5, 0.6) is 0 Å². The third kappa shape index (κ3) is 4.01. The van der Waals surface area contributed by atoms with E-state index in [0.717, 1.165) is 47.3 Å². The van der Waals surface area contributed by atoms with Crippen molar-refractivity contribution in [3.63, 3.8) is 0 Å². The maximum atomic E-state index is 11.9. The van der Waals surface area contributed by atoms with E-state index in [2.05, 4.69) is 37.1 Å². The summed E-state index contributed by atoms with van der Waals surface area (Å²) < 4.78 is 2.10. The zero-order chi connectivity index (χ0) is 23.7. The number of imidazole rings is 1. The van der Waals surface area contributed by atoms with Crippen LogP contribution in [0.25, 0.3) is 28.6 Å². The molecule has 1 aliphatic heterocycles. The number of benzene rings is 2. The lowest BCUT2D eigenvalue weighted by molar-refractivity contribution is -0.132. The lowest BCUT2D eigenvalue weighted by Gasteiger charge is -2.27. The second-order valence-corrected chi connectivity index (χ2v) is 8.63. The molecule has 34 heavy (non-hydrogen) atoms. The molecule has 172 valence electrons. The highest BCUT2D eigenvalue weighted by molar-refractivity contribution is 6.31. The van der Waals surface area contributed by atoms with Gasteiger partial charge in [-0.3, -0.25) is 0 Å². The molecule has 0 aliphatic carbocycles. The first kappa shape index (κ1) is 22.0. The first-order valence-corrected chi connectivity index (χ1v) is 11.6. The Hall–Kier alpha value is -3.78. The fourth-order valence-corrected chi connectivity index (χ4v) is 4.72. The van der Waals surface area contributed by atoms with E-state index in [4.69, 9.17) is 11.6 Å². The van der Waals surface area contributed by atoms with Crippen molar-refractivity contribution in [1.29, 1.82) is 0 Å². The Labute approximate surface area is 201 Å². The summed E-state index contributed by atoms with van der Waals surface area (Å²) in [6, 6.07) is 15.8. The van der Waals surface area contributed by atoms with Crippen LogP contribution in [-0.2, 0) is 11.2 Å². The largest absolute Gasteiger partial charge is 0.478 e. The highest BCUT2D eigenvalue weighted by Crippen LogP contribution is 2.38. The van der Waals surface area contributed by atoms with Crippen molar-refractivity contribution in [2.24, 2.45) is 0 Å². The van der Waals surface area contributed by atoms with Gasteiger partial charge in [-0.25, -0.2) is 9.78 Å². The van der Waals surface area contributed by atoms with E-state index >= 15 is 0 Å². The number of aromatic nitrogens is 6. The summed E-state index contributed by atoms with van der Waals surface area (Å²) in [6.07, 6.45) is 4.83. The number of carboxylic acids is 1. The van der Waals surface area contributed by atoms with E-state index in [0.29, 0.717) is 28.7 Å². The summed E-state index contributed by atoms with van der Waals surface area (Å²) in [4.78, 5) is 16.4. The van der Waals surface area contributed by atoms with Gasteiger partial charge in [0.15, 0.2) is 5.15 Å². The molecule has 0 amide bonds. The summed E-state index contributed by atoms with van der Waals surface area (Å²) >= 11 is 6.45. The third-order valence-electron chi connectivity index (χ3n) is 6.16. The van der Waals surface area contributed by atoms with Crippen LogP contribution < -0.4 is 0 Å². The number of unbranched alkanes of at least 4 members (excludes halogenated alkanes) is 1. The molecule has 9 heteroatoms. The van der Waals surface area contributed by atoms with Gasteiger partial charge in [0.25, 0.3) is 0 Å². The van der Waals surface area contributed by atoms with Gasteiger partial charge >= 0.3 is 5.97 Å². The number of nitrogens with one attached hydrogen (secondary N) is 1. The fourth-order valence-electron chi connectivity index (χ4n) is 4.48. The first-order valence-electron chi connectivity index (χ1n) is 11.2. The van der Waals surface area contributed by atoms with E-state index in [1.165, 1.54) is 0 Å². The molecule has 8 nitrogen and oxygen atoms in total. The Morgan fingerprint density at radius 2 is 1.94 bits per heavy atom. The van der Waals surface area contributed by atoms with E-state index in [1.807, 2.05) is 48.5 Å². The van der Waals surface area contributed by atoms with Gasteiger partial charge < -0.3 is 9.67 Å². The van der Waals surface area contributed by atoms with Crippen molar-refractivity contribution in [3.05, 3.63) is 76.3 Å². The number of fused-ring (bicyclic) bond motifs is 1. The minimum atomic E-state index is -0.936. The molecule has 0 fully saturated rings. The molecule has 1 atom stereocenters. The van der Waals surface area contributed by atoms with E-state index in [1.54, 1.807) is 6.08 Å². The SMILES string of the molecule is CCCCc1nc(Cl)c2n1C(c1ccc(-c3ccccc3-c3nn[nH]n3)cc1)CC(C(=O)O)=C2. The van der Waals surface area contributed by atoms with Crippen LogP contribution in [0.1, 0.15) is 49.3 Å². The van der Waals surface area contributed by atoms with Crippen molar-refractivity contribution in [3.8, 4) is 22.5 Å². The average Bonchev–Trinajstić information content (AvgIpc) is 3.51. The van der Waals surface area contributed by atoms with Crippen molar-refractivity contribution >= 4 is 23.6 Å². The Kier molecular flexibility index (Phi) is 5.98. The van der Waals surface area contributed by atoms with Gasteiger partial charge in [-0.05, 0) is 34.4 Å². The number of aromatic amines is 1. The van der Waals surface area contributed by atoms with Crippen LogP contribution in [0.15, 0.2) is 54.1 Å². The van der Waals surface area contributed by atoms with E-state index in [9.17, 15) is 9.90 Å². The normalized spacial score (nSPS) is 15.1. The second-order valence-electron chi connectivity index (χ2n) is 8.28. The standard InChI is InChI=1S/C25H23ClN6O2/c1-2-3-8-22-27-23(26)21-14-17(25(33)34)13-20(32(21)22)16-11-9-15(10-12-16)18-6-4-5-7-19(18)24-28-30-31-29-24/h4-7,9-12,14,20H,2-3,8,13H2,1H3,(H,33,34)(H,28,29,30,31). The Bertz CT molecular complexity index is 1360. The van der Waals surface area contributed by atoms with Crippen molar-refractivity contribution in [2.75, 3.05) is 0 Å². The number of tetrazole rings is 1. The van der Waals surface area contributed by atoms with Crippen LogP contribution in [0.2, 0.25) is 5.15 Å². The molecule has 0 bridgehead atoms. The Morgan fingerprint density at radius 1 is 1.18 bits per heavy atom. The molecule has 2 aromatic carbocycles. The molecular formula is C25H23ClN6O2. The summed E-state index contributed by atoms with van der Waals surface area (Å²) in [5, 5.41) is 24.5. The predicted octanol–water partition coefficient (Wildman–Crippen LogP) is 5.19. The number of carboxylic acid groups (broad SMARTS) is 1. The molecule has 0 spiro atoms. The molecule has 3 heterocycles. The topological polar surface area (TPSA) is 110 Å². The number of hydrogen-bond acceptors (Lipinski definition) is 5. The van der Waals surface area contributed by atoms with E-state index in [-0.39, 0.29) is 6.04 Å². The monoisotopic (exact) mass is 474 g/mol. The molecule has 4 aromatic rings. The third-order valence-corrected chi connectivity index (χ3v) is 6.44. The van der Waals surface area contributed by atoms with Gasteiger partial charge in [-0.2, -0.15) is 5.21 Å². The Morgan fingerprint density at radius 3 is 2.62 bits per heavy atom. The highest BCUT2D eigenvalue weighted by atomic mass is 35.5. The van der Waals surface area contributed by atoms with Crippen LogP contribution in [0, 0.1) is 0 Å². The number of hydrogen-bond donors (Lipinski definition) is 2. The maximum Gasteiger partial charge on any atom is 0.331 e. The predicted molar refractivity (Wildman–Crippen MR) is 129 cm³/mol. The number of nitrogens with zero attached hydrogens (tertiary/aromatic N) is 5. The van der Waals surface area contributed by atoms with Gasteiger partial charge in [0.05, 0.1) is 11.7 Å². The average molecular weight is 475 g/mol. The van der Waals surface area contributed by atoms with Gasteiger partial charge in [0.2, 0.25) is 5.82 Å². The zero-order valence-corrected chi connectivity index (χ0v) is 19.3. The summed E-state index contributed by atoms with van der Waals surface area (Å²) in [7, 11) is 0. The van der Waals surface area contributed by atoms with Crippen molar-refractivity contribution < 1.29 is 9.90 Å². The minimum Gasteiger partial charge on any atom is -0.478 e. The first-order chi connectivity index (χ1) is 16.6. The molecular weight excluding hydrogens is 452 g/mol. The summed E-state index contributed by atoms with van der Waals surface area (Å²) in [5.41, 5.74) is 4.86. The Balaban J connectivity index is 1.55. The van der Waals surface area contributed by atoms with Gasteiger partial charge in [-0.1, -0.05) is 73.5 Å². The molecule has 1 unspecified atom stereocenters. The van der Waals surface area contributed by atoms with Gasteiger partial charge in [0.1, 0.15) is 5.82 Å². The lowest BCUT2D eigenvalue weighted by atomic mass is 9.92. The summed E-state index contributed by atoms with van der Waals surface area (Å²) in [6.45, 7) is 2.13. The van der Waals surface area contributed by atoms with Crippen LogP contribution in [-0.4, -0.2) is 41.3 Å². The highest BCUT2D eigenvalue weighted by Gasteiger charge is 2.30. The number of rotatable bonds is 7. The van der Waals surface area contributed by atoms with Gasteiger partial charge in [0, 0.05) is 24.0 Å². The minimum absolute atomic E-state index is 0.195. The number of halogens is 1. The quantitative estimate of drug-likeness (QED) is 0.381. The lowest BCUT2D eigenvalue weighted by Crippen LogP contribution is -2.21. The van der Waals surface area contributed by atoms with E-state index < -0.39 is 5.97 Å². The fraction of sp³-hybridized carbons (Fsp3) is 0.240. The molecule has 5 rings (SSSR count).